The summed E-state index contributed by atoms with van der Waals surface area (Å²) in [6, 6.07) is 2.34. The van der Waals surface area contributed by atoms with E-state index in [1.807, 2.05) is 4.90 Å². The molecule has 0 spiro atoms. The summed E-state index contributed by atoms with van der Waals surface area (Å²) in [5, 5.41) is 5.41. The molecule has 0 atom stereocenters. The number of carbonyl (C=O) groups is 3. The highest BCUT2D eigenvalue weighted by atomic mass is 32.1. The van der Waals surface area contributed by atoms with Crippen LogP contribution in [-0.2, 0) is 0 Å². The summed E-state index contributed by atoms with van der Waals surface area (Å²) >= 11 is 1.35. The Labute approximate surface area is 212 Å². The Bertz CT molecular complexity index is 1120. The average molecular weight is 518 g/mol. The van der Waals surface area contributed by atoms with Gasteiger partial charge in [0.15, 0.2) is 0 Å². The van der Waals surface area contributed by atoms with E-state index in [0.717, 1.165) is 49.2 Å². The van der Waals surface area contributed by atoms with Gasteiger partial charge in [-0.1, -0.05) is 11.6 Å². The van der Waals surface area contributed by atoms with Crippen molar-refractivity contribution in [2.24, 2.45) is 0 Å². The molecule has 1 aliphatic heterocycles. The number of amides is 4. The Balaban J connectivity index is 1.20. The number of carbonyl (C=O) groups excluding carboxylic acids is 3. The molecular formula is C25H29F2N5O3S. The molecule has 0 radical (unpaired) electrons. The van der Waals surface area contributed by atoms with Gasteiger partial charge in [-0.15, -0.1) is 11.3 Å². The second-order valence-corrected chi connectivity index (χ2v) is 9.88. The first kappa shape index (κ1) is 25.7. The number of hydrogen-bond acceptors (Lipinski definition) is 5. The number of hydrazine groups is 1. The second-order valence-electron chi connectivity index (χ2n) is 8.99. The third-order valence-corrected chi connectivity index (χ3v) is 7.41. The molecule has 0 bridgehead atoms. The van der Waals surface area contributed by atoms with Gasteiger partial charge in [0, 0.05) is 42.6 Å². The SMILES string of the molecule is O=C(NNC(=O)c1csc(C2CCN(C(=O)NCCC3=CCCCC3)CC2)n1)c1cc(F)cc(F)c1. The quantitative estimate of drug-likeness (QED) is 0.393. The smallest absolute Gasteiger partial charge is 0.317 e. The molecule has 4 amide bonds. The maximum Gasteiger partial charge on any atom is 0.317 e. The minimum atomic E-state index is -0.892. The van der Waals surface area contributed by atoms with Crippen LogP contribution in [0.3, 0.4) is 0 Å². The van der Waals surface area contributed by atoms with Crippen LogP contribution in [0, 0.1) is 11.6 Å². The zero-order valence-corrected chi connectivity index (χ0v) is 20.6. The molecular weight excluding hydrogens is 488 g/mol. The van der Waals surface area contributed by atoms with Gasteiger partial charge in [-0.25, -0.2) is 18.6 Å². The summed E-state index contributed by atoms with van der Waals surface area (Å²) in [4.78, 5) is 43.1. The lowest BCUT2D eigenvalue weighted by Crippen LogP contribution is -2.44. The molecule has 1 aromatic heterocycles. The summed E-state index contributed by atoms with van der Waals surface area (Å²) < 4.78 is 26.6. The van der Waals surface area contributed by atoms with E-state index in [2.05, 4.69) is 27.2 Å². The Morgan fingerprint density at radius 2 is 1.75 bits per heavy atom. The predicted octanol–water partition coefficient (Wildman–Crippen LogP) is 4.28. The Morgan fingerprint density at radius 3 is 2.44 bits per heavy atom. The zero-order valence-electron chi connectivity index (χ0n) is 19.8. The highest BCUT2D eigenvalue weighted by Crippen LogP contribution is 2.30. The summed E-state index contributed by atoms with van der Waals surface area (Å²) in [5.41, 5.74) is 5.67. The van der Waals surface area contributed by atoms with Crippen LogP contribution in [0.25, 0.3) is 0 Å². The number of halogens is 2. The van der Waals surface area contributed by atoms with Crippen molar-refractivity contribution >= 4 is 29.2 Å². The monoisotopic (exact) mass is 517 g/mol. The van der Waals surface area contributed by atoms with Gasteiger partial charge >= 0.3 is 6.03 Å². The fourth-order valence-corrected chi connectivity index (χ4v) is 5.39. The lowest BCUT2D eigenvalue weighted by atomic mass is 9.97. The minimum Gasteiger partial charge on any atom is -0.338 e. The average Bonchev–Trinajstić information content (AvgIpc) is 3.38. The van der Waals surface area contributed by atoms with E-state index in [4.69, 9.17) is 0 Å². The number of urea groups is 1. The molecule has 1 aliphatic carbocycles. The van der Waals surface area contributed by atoms with E-state index in [1.54, 1.807) is 5.38 Å². The lowest BCUT2D eigenvalue weighted by molar-refractivity contribution is 0.0844. The van der Waals surface area contributed by atoms with Crippen LogP contribution in [0.4, 0.5) is 13.6 Å². The van der Waals surface area contributed by atoms with Crippen molar-refractivity contribution in [1.82, 2.24) is 26.1 Å². The largest absolute Gasteiger partial charge is 0.338 e. The third kappa shape index (κ3) is 6.87. The van der Waals surface area contributed by atoms with Gasteiger partial charge in [-0.2, -0.15) is 0 Å². The van der Waals surface area contributed by atoms with E-state index >= 15 is 0 Å². The Morgan fingerprint density at radius 1 is 1.03 bits per heavy atom. The van der Waals surface area contributed by atoms with Gasteiger partial charge in [-0.3, -0.25) is 20.4 Å². The third-order valence-electron chi connectivity index (χ3n) is 6.41. The highest BCUT2D eigenvalue weighted by Gasteiger charge is 2.26. The standard InChI is InChI=1S/C25H29F2N5O3S/c26-19-12-18(13-20(27)14-19)22(33)30-31-23(34)21-15-36-24(29-21)17-7-10-32(11-8-17)25(35)28-9-6-16-4-2-1-3-5-16/h4,12-15,17H,1-3,5-11H2,(H,28,35)(H,30,33)(H,31,34). The summed E-state index contributed by atoms with van der Waals surface area (Å²) in [6.07, 6.45) is 9.46. The van der Waals surface area contributed by atoms with Crippen molar-refractivity contribution < 1.29 is 23.2 Å². The van der Waals surface area contributed by atoms with Crippen LogP contribution in [0.5, 0.6) is 0 Å². The van der Waals surface area contributed by atoms with Crippen molar-refractivity contribution in [2.45, 2.75) is 50.9 Å². The number of hydrogen-bond donors (Lipinski definition) is 3. The number of likely N-dealkylation sites (tertiary alicyclic amines) is 1. The summed E-state index contributed by atoms with van der Waals surface area (Å²) in [7, 11) is 0. The predicted molar refractivity (Wildman–Crippen MR) is 132 cm³/mol. The highest BCUT2D eigenvalue weighted by molar-refractivity contribution is 7.09. The Hall–Kier alpha value is -3.34. The van der Waals surface area contributed by atoms with Crippen molar-refractivity contribution in [2.75, 3.05) is 19.6 Å². The first-order chi connectivity index (χ1) is 17.4. The zero-order chi connectivity index (χ0) is 25.5. The van der Waals surface area contributed by atoms with E-state index in [-0.39, 0.29) is 23.2 Å². The summed E-state index contributed by atoms with van der Waals surface area (Å²) in [6.45, 7) is 1.88. The van der Waals surface area contributed by atoms with Crippen LogP contribution in [0.1, 0.15) is 76.7 Å². The molecule has 192 valence electrons. The van der Waals surface area contributed by atoms with Gasteiger partial charge in [0.25, 0.3) is 11.8 Å². The van der Waals surface area contributed by atoms with E-state index in [9.17, 15) is 23.2 Å². The first-order valence-electron chi connectivity index (χ1n) is 12.1. The summed E-state index contributed by atoms with van der Waals surface area (Å²) in [5.74, 6) is -3.13. The van der Waals surface area contributed by atoms with Crippen LogP contribution in [0.2, 0.25) is 0 Å². The topological polar surface area (TPSA) is 103 Å². The maximum atomic E-state index is 13.3. The Kier molecular flexibility index (Phi) is 8.63. The fraction of sp³-hybridized carbons (Fsp3) is 0.440. The molecule has 0 unspecified atom stereocenters. The molecule has 1 saturated heterocycles. The number of thiazole rings is 1. The van der Waals surface area contributed by atoms with E-state index in [1.165, 1.54) is 29.8 Å². The van der Waals surface area contributed by atoms with Crippen molar-refractivity contribution in [3.05, 3.63) is 63.1 Å². The number of nitrogens with zero attached hydrogens (tertiary/aromatic N) is 2. The molecule has 2 heterocycles. The molecule has 1 aromatic carbocycles. The van der Waals surface area contributed by atoms with Crippen LogP contribution < -0.4 is 16.2 Å². The van der Waals surface area contributed by atoms with Crippen molar-refractivity contribution in [3.63, 3.8) is 0 Å². The van der Waals surface area contributed by atoms with E-state index < -0.39 is 23.4 Å². The molecule has 36 heavy (non-hydrogen) atoms. The number of aromatic nitrogens is 1. The molecule has 0 saturated carbocycles. The van der Waals surface area contributed by atoms with Gasteiger partial charge < -0.3 is 10.2 Å². The lowest BCUT2D eigenvalue weighted by Gasteiger charge is -2.31. The molecule has 11 heteroatoms. The normalized spacial score (nSPS) is 16.3. The van der Waals surface area contributed by atoms with Gasteiger partial charge in [-0.05, 0) is 57.1 Å². The molecule has 2 aromatic rings. The maximum absolute atomic E-state index is 13.3. The van der Waals surface area contributed by atoms with Crippen LogP contribution >= 0.6 is 11.3 Å². The molecule has 1 fully saturated rings. The number of allylic oxidation sites excluding steroid dienone is 1. The molecule has 3 N–H and O–H groups in total. The van der Waals surface area contributed by atoms with Gasteiger partial charge in [0.05, 0.1) is 5.01 Å². The van der Waals surface area contributed by atoms with Gasteiger partial charge in [0.2, 0.25) is 0 Å². The van der Waals surface area contributed by atoms with Crippen molar-refractivity contribution in [3.8, 4) is 0 Å². The number of rotatable bonds is 6. The molecule has 4 rings (SSSR count). The molecule has 2 aliphatic rings. The van der Waals surface area contributed by atoms with E-state index in [0.29, 0.717) is 25.7 Å². The van der Waals surface area contributed by atoms with Crippen molar-refractivity contribution in [1.29, 1.82) is 0 Å². The minimum absolute atomic E-state index is 0.0435. The van der Waals surface area contributed by atoms with Crippen LogP contribution in [0.15, 0.2) is 35.2 Å². The fourth-order valence-electron chi connectivity index (χ4n) is 4.42. The number of piperidine rings is 1. The molecule has 8 nitrogen and oxygen atoms in total. The first-order valence-corrected chi connectivity index (χ1v) is 13.0. The second kappa shape index (κ2) is 12.1. The van der Waals surface area contributed by atoms with Gasteiger partial charge in [0.1, 0.15) is 17.3 Å². The van der Waals surface area contributed by atoms with Crippen LogP contribution in [-0.4, -0.2) is 47.4 Å². The number of nitrogens with one attached hydrogen (secondary N) is 3. The number of benzene rings is 1.